The summed E-state index contributed by atoms with van der Waals surface area (Å²) in [5.41, 5.74) is 1.19. The summed E-state index contributed by atoms with van der Waals surface area (Å²) in [7, 11) is 1.97. The van der Waals surface area contributed by atoms with Crippen molar-refractivity contribution in [3.05, 3.63) is 23.8 Å². The maximum Gasteiger partial charge on any atom is 0.161 e. The predicted octanol–water partition coefficient (Wildman–Crippen LogP) is 2.93. The minimum atomic E-state index is 0.197. The van der Waals surface area contributed by atoms with Crippen LogP contribution in [0.1, 0.15) is 37.3 Å². The van der Waals surface area contributed by atoms with Gasteiger partial charge in [0.25, 0.3) is 0 Å². The highest BCUT2D eigenvalue weighted by Gasteiger charge is 2.18. The average molecular weight is 291 g/mol. The summed E-state index contributed by atoms with van der Waals surface area (Å²) in [5.74, 6) is 2.45. The van der Waals surface area contributed by atoms with Crippen molar-refractivity contribution in [1.29, 1.82) is 0 Å². The van der Waals surface area contributed by atoms with E-state index in [1.165, 1.54) is 31.2 Å². The summed E-state index contributed by atoms with van der Waals surface area (Å²) >= 11 is 0. The molecule has 0 spiro atoms. The number of rotatable bonds is 6. The number of likely N-dealkylation sites (N-methyl/N-ethyl adjacent to an activating group) is 1. The van der Waals surface area contributed by atoms with Gasteiger partial charge in [-0.05, 0) is 43.5 Å². The third-order valence-electron chi connectivity index (χ3n) is 4.43. The highest BCUT2D eigenvalue weighted by Crippen LogP contribution is 2.33. The van der Waals surface area contributed by atoms with Crippen LogP contribution in [0.15, 0.2) is 18.2 Å². The second-order valence-corrected chi connectivity index (χ2v) is 5.93. The zero-order valence-electron chi connectivity index (χ0n) is 12.8. The summed E-state index contributed by atoms with van der Waals surface area (Å²) in [5, 5.41) is 3.33. The van der Waals surface area contributed by atoms with E-state index in [9.17, 15) is 0 Å². The summed E-state index contributed by atoms with van der Waals surface area (Å²) in [6.07, 6.45) is 5.39. The van der Waals surface area contributed by atoms with Crippen LogP contribution in [0.5, 0.6) is 11.5 Å². The van der Waals surface area contributed by atoms with Crippen LogP contribution < -0.4 is 14.8 Å². The van der Waals surface area contributed by atoms with Crippen molar-refractivity contribution >= 4 is 0 Å². The van der Waals surface area contributed by atoms with E-state index in [4.69, 9.17) is 14.2 Å². The van der Waals surface area contributed by atoms with Gasteiger partial charge in [-0.15, -0.1) is 0 Å². The quantitative estimate of drug-likeness (QED) is 0.875. The van der Waals surface area contributed by atoms with E-state index in [1.807, 2.05) is 13.1 Å². The van der Waals surface area contributed by atoms with Crippen LogP contribution in [0.25, 0.3) is 0 Å². The lowest BCUT2D eigenvalue weighted by atomic mass is 10.1. The molecule has 4 heteroatoms. The minimum Gasteiger partial charge on any atom is -0.486 e. The molecule has 1 aromatic carbocycles. The fraction of sp³-hybridized carbons (Fsp3) is 0.647. The van der Waals surface area contributed by atoms with Crippen LogP contribution >= 0.6 is 0 Å². The number of hydrogen-bond donors (Lipinski definition) is 1. The van der Waals surface area contributed by atoms with E-state index in [-0.39, 0.29) is 6.04 Å². The van der Waals surface area contributed by atoms with Gasteiger partial charge in [0.15, 0.2) is 11.5 Å². The molecular weight excluding hydrogens is 266 g/mol. The van der Waals surface area contributed by atoms with Crippen LogP contribution in [-0.4, -0.2) is 33.5 Å². The Morgan fingerprint density at radius 2 is 1.95 bits per heavy atom. The van der Waals surface area contributed by atoms with Gasteiger partial charge in [-0.3, -0.25) is 0 Å². The fourth-order valence-corrected chi connectivity index (χ4v) is 3.15. The van der Waals surface area contributed by atoms with Crippen molar-refractivity contribution in [3.63, 3.8) is 0 Å². The van der Waals surface area contributed by atoms with Crippen LogP contribution in [0.4, 0.5) is 0 Å². The molecule has 1 fully saturated rings. The Labute approximate surface area is 126 Å². The predicted molar refractivity (Wildman–Crippen MR) is 82.0 cm³/mol. The number of benzene rings is 1. The number of ether oxygens (including phenoxy) is 3. The number of fused-ring (bicyclic) bond motifs is 1. The lowest BCUT2D eigenvalue weighted by Gasteiger charge is -2.22. The molecule has 1 heterocycles. The number of nitrogens with one attached hydrogen (secondary N) is 1. The molecule has 1 N–H and O–H groups in total. The summed E-state index contributed by atoms with van der Waals surface area (Å²) in [4.78, 5) is 0. The zero-order chi connectivity index (χ0) is 14.5. The molecule has 4 nitrogen and oxygen atoms in total. The van der Waals surface area contributed by atoms with E-state index in [0.29, 0.717) is 19.8 Å². The monoisotopic (exact) mass is 291 g/mol. The summed E-state index contributed by atoms with van der Waals surface area (Å²) < 4.78 is 17.1. The first kappa shape index (κ1) is 14.7. The third kappa shape index (κ3) is 3.69. The van der Waals surface area contributed by atoms with Crippen molar-refractivity contribution in [3.8, 4) is 11.5 Å². The zero-order valence-corrected chi connectivity index (χ0v) is 12.8. The molecule has 0 radical (unpaired) electrons. The molecule has 0 saturated heterocycles. The Balaban J connectivity index is 1.57. The molecular formula is C17H25NO3. The van der Waals surface area contributed by atoms with Crippen LogP contribution in [0, 0.1) is 5.92 Å². The topological polar surface area (TPSA) is 39.7 Å². The third-order valence-corrected chi connectivity index (χ3v) is 4.43. The molecule has 0 amide bonds. The second kappa shape index (κ2) is 7.14. The van der Waals surface area contributed by atoms with Gasteiger partial charge in [-0.1, -0.05) is 18.9 Å². The minimum absolute atomic E-state index is 0.197. The van der Waals surface area contributed by atoms with Gasteiger partial charge >= 0.3 is 0 Å². The average Bonchev–Trinajstić information content (AvgIpc) is 3.04. The fourth-order valence-electron chi connectivity index (χ4n) is 3.15. The van der Waals surface area contributed by atoms with Crippen molar-refractivity contribution in [2.75, 3.05) is 33.5 Å². The highest BCUT2D eigenvalue weighted by molar-refractivity contribution is 5.44. The Bertz CT molecular complexity index is 457. The molecule has 1 aliphatic carbocycles. The molecule has 1 unspecified atom stereocenters. The standard InChI is InChI=1S/C17H25NO3/c1-18-15(12-19-11-13-4-2-3-5-13)14-6-7-16-17(10-14)21-9-8-20-16/h6-7,10,13,15,18H,2-5,8-9,11-12H2,1H3. The van der Waals surface area contributed by atoms with Crippen LogP contribution in [0.3, 0.4) is 0 Å². The Hall–Kier alpha value is -1.26. The second-order valence-electron chi connectivity index (χ2n) is 5.93. The molecule has 1 saturated carbocycles. The first-order chi connectivity index (χ1) is 10.4. The van der Waals surface area contributed by atoms with Crippen molar-refractivity contribution < 1.29 is 14.2 Å². The molecule has 1 atom stereocenters. The normalized spacial score (nSPS) is 19.7. The lowest BCUT2D eigenvalue weighted by molar-refractivity contribution is 0.0842. The number of hydrogen-bond acceptors (Lipinski definition) is 4. The van der Waals surface area contributed by atoms with E-state index < -0.39 is 0 Å². The molecule has 21 heavy (non-hydrogen) atoms. The largest absolute Gasteiger partial charge is 0.486 e. The SMILES string of the molecule is CNC(COCC1CCCC1)c1ccc2c(c1)OCCO2. The molecule has 0 bridgehead atoms. The highest BCUT2D eigenvalue weighted by atomic mass is 16.6. The molecule has 2 aliphatic rings. The Morgan fingerprint density at radius 3 is 2.71 bits per heavy atom. The van der Waals surface area contributed by atoms with Gasteiger partial charge in [0.05, 0.1) is 12.6 Å². The van der Waals surface area contributed by atoms with E-state index in [2.05, 4.69) is 17.4 Å². The molecule has 116 valence electrons. The van der Waals surface area contributed by atoms with Crippen molar-refractivity contribution in [1.82, 2.24) is 5.32 Å². The lowest BCUT2D eigenvalue weighted by Crippen LogP contribution is -2.23. The Kier molecular flexibility index (Phi) is 4.99. The van der Waals surface area contributed by atoms with Crippen LogP contribution in [-0.2, 0) is 4.74 Å². The molecule has 3 rings (SSSR count). The van der Waals surface area contributed by atoms with Crippen molar-refractivity contribution in [2.24, 2.45) is 5.92 Å². The molecule has 1 aliphatic heterocycles. The van der Waals surface area contributed by atoms with E-state index in [0.717, 1.165) is 24.0 Å². The maximum atomic E-state index is 5.93. The van der Waals surface area contributed by atoms with Crippen molar-refractivity contribution in [2.45, 2.75) is 31.7 Å². The summed E-state index contributed by atoms with van der Waals surface area (Å²) in [6.45, 7) is 2.85. The van der Waals surface area contributed by atoms with Gasteiger partial charge in [-0.2, -0.15) is 0 Å². The van der Waals surface area contributed by atoms with Gasteiger partial charge < -0.3 is 19.5 Å². The van der Waals surface area contributed by atoms with Gasteiger partial charge in [0, 0.05) is 6.61 Å². The van der Waals surface area contributed by atoms with Crippen LogP contribution in [0.2, 0.25) is 0 Å². The summed E-state index contributed by atoms with van der Waals surface area (Å²) in [6, 6.07) is 6.34. The first-order valence-corrected chi connectivity index (χ1v) is 8.01. The molecule has 0 aromatic heterocycles. The molecule has 1 aromatic rings. The maximum absolute atomic E-state index is 5.93. The van der Waals surface area contributed by atoms with Gasteiger partial charge in [-0.25, -0.2) is 0 Å². The van der Waals surface area contributed by atoms with E-state index in [1.54, 1.807) is 0 Å². The van der Waals surface area contributed by atoms with Gasteiger partial charge in [0.1, 0.15) is 13.2 Å². The van der Waals surface area contributed by atoms with Gasteiger partial charge in [0.2, 0.25) is 0 Å². The Morgan fingerprint density at radius 1 is 1.19 bits per heavy atom. The van der Waals surface area contributed by atoms with E-state index >= 15 is 0 Å². The first-order valence-electron chi connectivity index (χ1n) is 8.01. The smallest absolute Gasteiger partial charge is 0.161 e.